The molecule has 0 bridgehead atoms. The fourth-order valence-corrected chi connectivity index (χ4v) is 2.08. The molecule has 1 aromatic carbocycles. The zero-order valence-electron chi connectivity index (χ0n) is 10.1. The van der Waals surface area contributed by atoms with Gasteiger partial charge in [0.1, 0.15) is 16.6 Å². The van der Waals surface area contributed by atoms with Gasteiger partial charge >= 0.3 is 0 Å². The van der Waals surface area contributed by atoms with Crippen LogP contribution in [0.3, 0.4) is 0 Å². The van der Waals surface area contributed by atoms with Gasteiger partial charge in [-0.15, -0.1) is 0 Å². The van der Waals surface area contributed by atoms with E-state index in [2.05, 4.69) is 26.2 Å². The minimum atomic E-state index is -0.338. The Morgan fingerprint density at radius 1 is 1.37 bits per heavy atom. The first-order chi connectivity index (χ1) is 8.97. The van der Waals surface area contributed by atoms with Crippen molar-refractivity contribution in [1.29, 1.82) is 0 Å². The van der Waals surface area contributed by atoms with Crippen molar-refractivity contribution in [3.8, 4) is 0 Å². The summed E-state index contributed by atoms with van der Waals surface area (Å²) < 4.78 is 14.0. The van der Waals surface area contributed by atoms with E-state index in [-0.39, 0.29) is 10.8 Å². The molecule has 0 amide bonds. The maximum atomic E-state index is 13.3. The first-order valence-electron chi connectivity index (χ1n) is 5.47. The minimum Gasteiger partial charge on any atom is -0.389 e. The molecule has 0 aliphatic heterocycles. The third kappa shape index (κ3) is 3.27. The van der Waals surface area contributed by atoms with E-state index in [9.17, 15) is 4.39 Å². The van der Waals surface area contributed by atoms with Crippen LogP contribution < -0.4 is 11.1 Å². The van der Waals surface area contributed by atoms with Crippen LogP contribution in [-0.2, 0) is 0 Å². The molecule has 0 spiro atoms. The maximum absolute atomic E-state index is 13.3. The lowest BCUT2D eigenvalue weighted by molar-refractivity contribution is 0.628. The Morgan fingerprint density at radius 2 is 2.11 bits per heavy atom. The summed E-state index contributed by atoms with van der Waals surface area (Å²) in [5, 5.41) is 3.04. The Hall–Kier alpha value is -1.53. The first kappa shape index (κ1) is 13.9. The van der Waals surface area contributed by atoms with Crippen molar-refractivity contribution in [3.05, 3.63) is 51.9 Å². The summed E-state index contributed by atoms with van der Waals surface area (Å²) >= 11 is 8.33. The second kappa shape index (κ2) is 5.63. The van der Waals surface area contributed by atoms with Crippen LogP contribution >= 0.6 is 28.1 Å². The number of benzene rings is 1. The summed E-state index contributed by atoms with van der Waals surface area (Å²) in [5.41, 5.74) is 7.65. The minimum absolute atomic E-state index is 0.238. The van der Waals surface area contributed by atoms with Gasteiger partial charge in [-0.25, -0.2) is 9.37 Å². The smallest absolute Gasteiger partial charge is 0.140 e. The number of hydrogen-bond donors (Lipinski definition) is 2. The van der Waals surface area contributed by atoms with Gasteiger partial charge in [-0.3, -0.25) is 0 Å². The van der Waals surface area contributed by atoms with E-state index >= 15 is 0 Å². The third-order valence-electron chi connectivity index (χ3n) is 2.48. The van der Waals surface area contributed by atoms with Crippen LogP contribution in [-0.4, -0.2) is 9.97 Å². The highest BCUT2D eigenvalue weighted by Crippen LogP contribution is 2.27. The molecule has 0 saturated heterocycles. The average molecular weight is 340 g/mol. The van der Waals surface area contributed by atoms with Gasteiger partial charge in [0.05, 0.1) is 11.3 Å². The van der Waals surface area contributed by atoms with E-state index < -0.39 is 0 Å². The van der Waals surface area contributed by atoms with Gasteiger partial charge in [0.25, 0.3) is 0 Å². The lowest BCUT2D eigenvalue weighted by atomic mass is 10.2. The summed E-state index contributed by atoms with van der Waals surface area (Å²) in [7, 11) is 0. The Kier molecular flexibility index (Phi) is 4.11. The number of rotatable bonds is 3. The number of thiocarbonyl (C=S) groups is 1. The number of nitrogens with two attached hydrogens (primary N) is 1. The molecule has 2 aromatic rings. The zero-order chi connectivity index (χ0) is 14.0. The third-order valence-corrected chi connectivity index (χ3v) is 3.39. The molecule has 0 fully saturated rings. The fraction of sp³-hybridized carbons (Fsp3) is 0.0769. The molecule has 1 heterocycles. The molecule has 0 aliphatic rings. The lowest BCUT2D eigenvalue weighted by Gasteiger charge is -2.12. The van der Waals surface area contributed by atoms with Crippen LogP contribution in [0.1, 0.15) is 11.3 Å². The maximum Gasteiger partial charge on any atom is 0.140 e. The SMILES string of the molecule is Cc1ccc(C(N)=S)c(Nc2cc(F)ccc2Br)n1. The predicted octanol–water partition coefficient (Wildman–Crippen LogP) is 3.67. The van der Waals surface area contributed by atoms with Crippen molar-refractivity contribution < 1.29 is 4.39 Å². The van der Waals surface area contributed by atoms with Gasteiger partial charge in [-0.2, -0.15) is 0 Å². The number of nitrogens with one attached hydrogen (secondary N) is 1. The van der Waals surface area contributed by atoms with Gasteiger partial charge in [-0.1, -0.05) is 12.2 Å². The molecular formula is C13H11BrFN3S. The average Bonchev–Trinajstić information content (AvgIpc) is 2.33. The van der Waals surface area contributed by atoms with Crippen LogP contribution in [0.4, 0.5) is 15.9 Å². The van der Waals surface area contributed by atoms with Crippen LogP contribution in [0.15, 0.2) is 34.8 Å². The molecule has 1 aromatic heterocycles. The molecule has 0 aliphatic carbocycles. The van der Waals surface area contributed by atoms with Crippen LogP contribution in [0.5, 0.6) is 0 Å². The summed E-state index contributed by atoms with van der Waals surface area (Å²) in [4.78, 5) is 4.58. The number of hydrogen-bond acceptors (Lipinski definition) is 3. The lowest BCUT2D eigenvalue weighted by Crippen LogP contribution is -2.13. The van der Waals surface area contributed by atoms with E-state index in [1.807, 2.05) is 13.0 Å². The monoisotopic (exact) mass is 339 g/mol. The van der Waals surface area contributed by atoms with Gasteiger partial charge in [0, 0.05) is 10.2 Å². The molecule has 0 radical (unpaired) electrons. The van der Waals surface area contributed by atoms with E-state index in [0.717, 1.165) is 10.2 Å². The Morgan fingerprint density at radius 3 is 2.79 bits per heavy atom. The van der Waals surface area contributed by atoms with Crippen LogP contribution in [0.25, 0.3) is 0 Å². The van der Waals surface area contributed by atoms with Crippen molar-refractivity contribution >= 4 is 44.6 Å². The van der Waals surface area contributed by atoms with E-state index in [4.69, 9.17) is 18.0 Å². The molecule has 0 atom stereocenters. The second-order valence-corrected chi connectivity index (χ2v) is 5.26. The first-order valence-corrected chi connectivity index (χ1v) is 6.67. The molecule has 98 valence electrons. The largest absolute Gasteiger partial charge is 0.389 e. The second-order valence-electron chi connectivity index (χ2n) is 3.96. The number of anilines is 2. The highest BCUT2D eigenvalue weighted by Gasteiger charge is 2.10. The van der Waals surface area contributed by atoms with Crippen molar-refractivity contribution in [1.82, 2.24) is 4.98 Å². The molecule has 6 heteroatoms. The van der Waals surface area contributed by atoms with E-state index in [1.165, 1.54) is 12.1 Å². The number of aromatic nitrogens is 1. The van der Waals surface area contributed by atoms with Gasteiger partial charge in [-0.05, 0) is 53.2 Å². The van der Waals surface area contributed by atoms with Crippen molar-refractivity contribution in [2.45, 2.75) is 6.92 Å². The van der Waals surface area contributed by atoms with Crippen molar-refractivity contribution in [2.24, 2.45) is 5.73 Å². The summed E-state index contributed by atoms with van der Waals surface area (Å²) in [6.07, 6.45) is 0. The Labute approximate surface area is 124 Å². The quantitative estimate of drug-likeness (QED) is 0.837. The Bertz CT molecular complexity index is 646. The number of pyridine rings is 1. The number of nitrogens with zero attached hydrogens (tertiary/aromatic N) is 1. The highest BCUT2D eigenvalue weighted by atomic mass is 79.9. The predicted molar refractivity (Wildman–Crippen MR) is 82.2 cm³/mol. The summed E-state index contributed by atoms with van der Waals surface area (Å²) in [6.45, 7) is 1.86. The van der Waals surface area contributed by atoms with Crippen LogP contribution in [0.2, 0.25) is 0 Å². The number of aryl methyl sites for hydroxylation is 1. The standard InChI is InChI=1S/C13H11BrFN3S/c1-7-2-4-9(12(16)19)13(17-7)18-11-6-8(15)3-5-10(11)14/h2-6H,1H3,(H2,16,19)(H,17,18). The Balaban J connectivity index is 2.45. The summed E-state index contributed by atoms with van der Waals surface area (Å²) in [5.74, 6) is 0.175. The topological polar surface area (TPSA) is 50.9 Å². The van der Waals surface area contributed by atoms with Gasteiger partial charge in [0.15, 0.2) is 0 Å². The molecule has 0 unspecified atom stereocenters. The fourth-order valence-electron chi connectivity index (χ4n) is 1.57. The normalized spacial score (nSPS) is 10.3. The highest BCUT2D eigenvalue weighted by molar-refractivity contribution is 9.10. The molecule has 3 N–H and O–H groups in total. The molecule has 2 rings (SSSR count). The van der Waals surface area contributed by atoms with Crippen molar-refractivity contribution in [3.63, 3.8) is 0 Å². The van der Waals surface area contributed by atoms with Gasteiger partial charge in [0.2, 0.25) is 0 Å². The summed E-state index contributed by atoms with van der Waals surface area (Å²) in [6, 6.07) is 7.97. The molecular weight excluding hydrogens is 329 g/mol. The molecule has 0 saturated carbocycles. The molecule has 3 nitrogen and oxygen atoms in total. The number of halogens is 2. The van der Waals surface area contributed by atoms with E-state index in [0.29, 0.717) is 17.1 Å². The van der Waals surface area contributed by atoms with Gasteiger partial charge < -0.3 is 11.1 Å². The molecule has 19 heavy (non-hydrogen) atoms. The van der Waals surface area contributed by atoms with Crippen molar-refractivity contribution in [2.75, 3.05) is 5.32 Å². The van der Waals surface area contributed by atoms with E-state index in [1.54, 1.807) is 12.1 Å². The zero-order valence-corrected chi connectivity index (χ0v) is 12.5. The van der Waals surface area contributed by atoms with Crippen LogP contribution in [0, 0.1) is 12.7 Å².